The molecule has 0 atom stereocenters. The standard InChI is InChI=1S/C21H23N3O2/c1-15-20(16(2)24(22-15)18-7-5-4-6-8-18)14-23(3)21(26)13-17-9-11-19(25)12-10-17/h4-12,25H,13-14H2,1-3H3. The number of aryl methyl sites for hydroxylation is 1. The first-order chi connectivity index (χ1) is 12.5. The summed E-state index contributed by atoms with van der Waals surface area (Å²) in [6.45, 7) is 4.52. The average Bonchev–Trinajstić information content (AvgIpc) is 2.92. The van der Waals surface area contributed by atoms with Gasteiger partial charge < -0.3 is 10.0 Å². The summed E-state index contributed by atoms with van der Waals surface area (Å²) < 4.78 is 1.92. The highest BCUT2D eigenvalue weighted by Gasteiger charge is 2.17. The normalized spacial score (nSPS) is 10.7. The molecule has 3 aromatic rings. The van der Waals surface area contributed by atoms with Gasteiger partial charge in [0.1, 0.15) is 5.75 Å². The first-order valence-corrected chi connectivity index (χ1v) is 8.58. The largest absolute Gasteiger partial charge is 0.508 e. The number of nitrogens with zero attached hydrogens (tertiary/aromatic N) is 3. The van der Waals surface area contributed by atoms with E-state index in [-0.39, 0.29) is 11.7 Å². The number of aromatic nitrogens is 2. The van der Waals surface area contributed by atoms with Crippen molar-refractivity contribution in [2.45, 2.75) is 26.8 Å². The second-order valence-corrected chi connectivity index (χ2v) is 6.49. The van der Waals surface area contributed by atoms with Crippen LogP contribution in [0, 0.1) is 13.8 Å². The molecule has 1 heterocycles. The van der Waals surface area contributed by atoms with Gasteiger partial charge in [-0.25, -0.2) is 4.68 Å². The lowest BCUT2D eigenvalue weighted by molar-refractivity contribution is -0.129. The summed E-state index contributed by atoms with van der Waals surface area (Å²) in [7, 11) is 1.81. The summed E-state index contributed by atoms with van der Waals surface area (Å²) in [6.07, 6.45) is 0.307. The fourth-order valence-corrected chi connectivity index (χ4v) is 2.97. The Morgan fingerprint density at radius 3 is 2.38 bits per heavy atom. The highest BCUT2D eigenvalue weighted by atomic mass is 16.3. The second-order valence-electron chi connectivity index (χ2n) is 6.49. The van der Waals surface area contributed by atoms with Crippen molar-refractivity contribution in [3.63, 3.8) is 0 Å². The van der Waals surface area contributed by atoms with Crippen molar-refractivity contribution in [1.82, 2.24) is 14.7 Å². The Hall–Kier alpha value is -3.08. The third kappa shape index (κ3) is 3.77. The van der Waals surface area contributed by atoms with Crippen molar-refractivity contribution >= 4 is 5.91 Å². The summed E-state index contributed by atoms with van der Waals surface area (Å²) in [5.41, 5.74) is 4.93. The van der Waals surface area contributed by atoms with Gasteiger partial charge in [-0.2, -0.15) is 5.10 Å². The smallest absolute Gasteiger partial charge is 0.227 e. The average molecular weight is 349 g/mol. The van der Waals surface area contributed by atoms with Gasteiger partial charge in [0.25, 0.3) is 0 Å². The number of carbonyl (C=O) groups excluding carboxylic acids is 1. The second kappa shape index (κ2) is 7.44. The van der Waals surface area contributed by atoms with E-state index >= 15 is 0 Å². The third-order valence-corrected chi connectivity index (χ3v) is 4.55. The number of likely N-dealkylation sites (N-methyl/N-ethyl adjacent to an activating group) is 1. The van der Waals surface area contributed by atoms with Crippen LogP contribution in [0.1, 0.15) is 22.5 Å². The molecule has 0 aliphatic rings. The van der Waals surface area contributed by atoms with Gasteiger partial charge in [-0.15, -0.1) is 0 Å². The van der Waals surface area contributed by atoms with Gasteiger partial charge in [0.15, 0.2) is 0 Å². The lowest BCUT2D eigenvalue weighted by atomic mass is 10.1. The van der Waals surface area contributed by atoms with Gasteiger partial charge in [-0.1, -0.05) is 30.3 Å². The highest BCUT2D eigenvalue weighted by Crippen LogP contribution is 2.19. The highest BCUT2D eigenvalue weighted by molar-refractivity contribution is 5.78. The van der Waals surface area contributed by atoms with E-state index in [4.69, 9.17) is 0 Å². The molecule has 134 valence electrons. The summed E-state index contributed by atoms with van der Waals surface area (Å²) in [6, 6.07) is 16.7. The van der Waals surface area contributed by atoms with Crippen molar-refractivity contribution in [3.8, 4) is 11.4 Å². The zero-order chi connectivity index (χ0) is 18.7. The van der Waals surface area contributed by atoms with Gasteiger partial charge in [0.05, 0.1) is 17.8 Å². The predicted octanol–water partition coefficient (Wildman–Crippen LogP) is 3.40. The predicted molar refractivity (Wildman–Crippen MR) is 101 cm³/mol. The van der Waals surface area contributed by atoms with E-state index in [9.17, 15) is 9.90 Å². The quantitative estimate of drug-likeness (QED) is 0.768. The van der Waals surface area contributed by atoms with Crippen LogP contribution in [0.2, 0.25) is 0 Å². The zero-order valence-electron chi connectivity index (χ0n) is 15.3. The summed E-state index contributed by atoms with van der Waals surface area (Å²) in [5.74, 6) is 0.232. The molecule has 0 unspecified atom stereocenters. The van der Waals surface area contributed by atoms with E-state index in [1.165, 1.54) is 0 Å². The molecule has 0 aliphatic heterocycles. The van der Waals surface area contributed by atoms with Crippen LogP contribution in [0.5, 0.6) is 5.75 Å². The minimum Gasteiger partial charge on any atom is -0.508 e. The molecule has 1 amide bonds. The molecule has 26 heavy (non-hydrogen) atoms. The first kappa shape index (κ1) is 17.7. The molecular weight excluding hydrogens is 326 g/mol. The number of phenols is 1. The van der Waals surface area contributed by atoms with Crippen LogP contribution in [-0.4, -0.2) is 32.7 Å². The molecule has 0 fully saturated rings. The van der Waals surface area contributed by atoms with Crippen molar-refractivity contribution < 1.29 is 9.90 Å². The van der Waals surface area contributed by atoms with E-state index in [1.807, 2.05) is 55.9 Å². The van der Waals surface area contributed by atoms with Gasteiger partial charge in [0, 0.05) is 24.8 Å². The summed E-state index contributed by atoms with van der Waals surface area (Å²) in [4.78, 5) is 14.3. The van der Waals surface area contributed by atoms with E-state index in [0.29, 0.717) is 13.0 Å². The Labute approximate surface area is 153 Å². The van der Waals surface area contributed by atoms with Crippen molar-refractivity contribution in [2.24, 2.45) is 0 Å². The van der Waals surface area contributed by atoms with Crippen LogP contribution in [-0.2, 0) is 17.8 Å². The van der Waals surface area contributed by atoms with Crippen LogP contribution in [0.3, 0.4) is 0 Å². The molecule has 0 saturated heterocycles. The van der Waals surface area contributed by atoms with Crippen LogP contribution < -0.4 is 0 Å². The van der Waals surface area contributed by atoms with Gasteiger partial charge in [-0.3, -0.25) is 4.79 Å². The molecule has 3 rings (SSSR count). The molecule has 5 heteroatoms. The number of hydrogen-bond acceptors (Lipinski definition) is 3. The summed E-state index contributed by atoms with van der Waals surface area (Å²) in [5, 5.41) is 14.0. The fourth-order valence-electron chi connectivity index (χ4n) is 2.97. The molecule has 5 nitrogen and oxygen atoms in total. The Balaban J connectivity index is 1.75. The number of hydrogen-bond donors (Lipinski definition) is 1. The molecule has 0 bridgehead atoms. The lowest BCUT2D eigenvalue weighted by Gasteiger charge is -2.18. The molecule has 2 aromatic carbocycles. The number of rotatable bonds is 5. The molecule has 0 spiro atoms. The fraction of sp³-hybridized carbons (Fsp3) is 0.238. The van der Waals surface area contributed by atoms with Gasteiger partial charge in [0.2, 0.25) is 5.91 Å². The number of benzene rings is 2. The van der Waals surface area contributed by atoms with E-state index in [0.717, 1.165) is 28.2 Å². The maximum absolute atomic E-state index is 12.5. The van der Waals surface area contributed by atoms with Crippen LogP contribution >= 0.6 is 0 Å². The summed E-state index contributed by atoms with van der Waals surface area (Å²) >= 11 is 0. The van der Waals surface area contributed by atoms with Crippen molar-refractivity contribution in [2.75, 3.05) is 7.05 Å². The van der Waals surface area contributed by atoms with Crippen LogP contribution in [0.25, 0.3) is 5.69 Å². The first-order valence-electron chi connectivity index (χ1n) is 8.58. The molecule has 0 aliphatic carbocycles. The Morgan fingerprint density at radius 2 is 1.73 bits per heavy atom. The van der Waals surface area contributed by atoms with E-state index < -0.39 is 0 Å². The van der Waals surface area contributed by atoms with E-state index in [1.54, 1.807) is 29.2 Å². The maximum Gasteiger partial charge on any atom is 0.227 e. The number of amides is 1. The van der Waals surface area contributed by atoms with Crippen molar-refractivity contribution in [3.05, 3.63) is 77.1 Å². The Bertz CT molecular complexity index is 899. The number of aromatic hydroxyl groups is 1. The molecular formula is C21H23N3O2. The lowest BCUT2D eigenvalue weighted by Crippen LogP contribution is -2.28. The van der Waals surface area contributed by atoms with Crippen molar-refractivity contribution in [1.29, 1.82) is 0 Å². The molecule has 1 N–H and O–H groups in total. The minimum absolute atomic E-state index is 0.0296. The Morgan fingerprint density at radius 1 is 1.08 bits per heavy atom. The molecule has 1 aromatic heterocycles. The van der Waals surface area contributed by atoms with Gasteiger partial charge in [-0.05, 0) is 43.7 Å². The molecule has 0 radical (unpaired) electrons. The topological polar surface area (TPSA) is 58.4 Å². The number of para-hydroxylation sites is 1. The third-order valence-electron chi connectivity index (χ3n) is 4.55. The maximum atomic E-state index is 12.5. The van der Waals surface area contributed by atoms with Crippen LogP contribution in [0.15, 0.2) is 54.6 Å². The SMILES string of the molecule is Cc1nn(-c2ccccc2)c(C)c1CN(C)C(=O)Cc1ccc(O)cc1. The van der Waals surface area contributed by atoms with E-state index in [2.05, 4.69) is 5.10 Å². The Kier molecular flexibility index (Phi) is 5.07. The monoisotopic (exact) mass is 349 g/mol. The zero-order valence-corrected chi connectivity index (χ0v) is 15.3. The molecule has 0 saturated carbocycles. The number of phenolic OH excluding ortho intramolecular Hbond substituents is 1. The minimum atomic E-state index is 0.0296. The van der Waals surface area contributed by atoms with Crippen LogP contribution in [0.4, 0.5) is 0 Å². The number of carbonyl (C=O) groups is 1. The van der Waals surface area contributed by atoms with Gasteiger partial charge >= 0.3 is 0 Å².